The van der Waals surface area contributed by atoms with Gasteiger partial charge in [-0.2, -0.15) is 0 Å². The van der Waals surface area contributed by atoms with Crippen LogP contribution < -0.4 is 5.32 Å². The summed E-state index contributed by atoms with van der Waals surface area (Å²) in [6, 6.07) is 0.275. The maximum Gasteiger partial charge on any atom is 0.239 e. The molecule has 0 radical (unpaired) electrons. The maximum absolute atomic E-state index is 11.7. The second-order valence-electron chi connectivity index (χ2n) is 5.28. The van der Waals surface area contributed by atoms with E-state index in [1.54, 1.807) is 11.8 Å². The van der Waals surface area contributed by atoms with Crippen molar-refractivity contribution in [3.63, 3.8) is 0 Å². The van der Waals surface area contributed by atoms with Gasteiger partial charge in [0.05, 0.1) is 6.54 Å². The van der Waals surface area contributed by atoms with Gasteiger partial charge >= 0.3 is 0 Å². The van der Waals surface area contributed by atoms with E-state index in [1.165, 1.54) is 12.8 Å². The molecule has 4 heteroatoms. The van der Waals surface area contributed by atoms with Crippen molar-refractivity contribution < 1.29 is 9.59 Å². The molecule has 0 aromatic rings. The fourth-order valence-corrected chi connectivity index (χ4v) is 2.24. The first-order valence-corrected chi connectivity index (χ1v) is 6.54. The summed E-state index contributed by atoms with van der Waals surface area (Å²) >= 11 is 0. The minimum Gasteiger partial charge on any atom is -0.354 e. The normalized spacial score (nSPS) is 16.2. The topological polar surface area (TPSA) is 49.4 Å². The smallest absolute Gasteiger partial charge is 0.239 e. The second kappa shape index (κ2) is 6.62. The highest BCUT2D eigenvalue weighted by Gasteiger charge is 2.26. The first-order chi connectivity index (χ1) is 8.00. The van der Waals surface area contributed by atoms with Crippen molar-refractivity contribution in [2.24, 2.45) is 5.92 Å². The van der Waals surface area contributed by atoms with Crippen LogP contribution in [0.1, 0.15) is 46.5 Å². The molecule has 17 heavy (non-hydrogen) atoms. The lowest BCUT2D eigenvalue weighted by molar-refractivity contribution is -0.136. The molecule has 1 aliphatic rings. The first-order valence-electron chi connectivity index (χ1n) is 6.54. The zero-order valence-corrected chi connectivity index (χ0v) is 11.2. The van der Waals surface area contributed by atoms with Crippen LogP contribution in [0.4, 0.5) is 0 Å². The minimum atomic E-state index is -0.0409. The quantitative estimate of drug-likeness (QED) is 0.792. The summed E-state index contributed by atoms with van der Waals surface area (Å²) in [5, 5.41) is 2.86. The van der Waals surface area contributed by atoms with Crippen LogP contribution in [0, 0.1) is 5.92 Å². The van der Waals surface area contributed by atoms with Gasteiger partial charge in [0.1, 0.15) is 0 Å². The van der Waals surface area contributed by atoms with E-state index in [0.29, 0.717) is 12.5 Å². The van der Waals surface area contributed by atoms with E-state index in [1.807, 2.05) is 0 Å². The third kappa shape index (κ3) is 4.75. The van der Waals surface area contributed by atoms with E-state index in [-0.39, 0.29) is 24.4 Å². The lowest BCUT2D eigenvalue weighted by Gasteiger charge is -2.27. The van der Waals surface area contributed by atoms with E-state index in [0.717, 1.165) is 12.8 Å². The fourth-order valence-electron chi connectivity index (χ4n) is 2.24. The van der Waals surface area contributed by atoms with Gasteiger partial charge < -0.3 is 10.2 Å². The number of amides is 2. The molecular formula is C13H24N2O2. The van der Waals surface area contributed by atoms with Crippen molar-refractivity contribution in [1.29, 1.82) is 0 Å². The van der Waals surface area contributed by atoms with Gasteiger partial charge in [-0.05, 0) is 18.8 Å². The van der Waals surface area contributed by atoms with E-state index in [4.69, 9.17) is 0 Å². The minimum absolute atomic E-state index is 0.0107. The average Bonchev–Trinajstić information content (AvgIpc) is 2.75. The molecule has 0 bridgehead atoms. The Kier molecular flexibility index (Phi) is 5.45. The number of hydrogen-bond acceptors (Lipinski definition) is 2. The Morgan fingerprint density at radius 1 is 1.29 bits per heavy atom. The number of carbonyl (C=O) groups excluding carboxylic acids is 2. The van der Waals surface area contributed by atoms with E-state index >= 15 is 0 Å². The molecule has 0 aliphatic heterocycles. The van der Waals surface area contributed by atoms with Gasteiger partial charge in [-0.15, -0.1) is 0 Å². The van der Waals surface area contributed by atoms with Gasteiger partial charge in [-0.1, -0.05) is 26.7 Å². The van der Waals surface area contributed by atoms with Gasteiger partial charge in [-0.3, -0.25) is 9.59 Å². The largest absolute Gasteiger partial charge is 0.354 e. The third-order valence-corrected chi connectivity index (χ3v) is 3.19. The highest BCUT2D eigenvalue weighted by molar-refractivity contribution is 5.83. The zero-order chi connectivity index (χ0) is 12.8. The van der Waals surface area contributed by atoms with Crippen molar-refractivity contribution >= 4 is 11.8 Å². The Balaban J connectivity index is 2.43. The van der Waals surface area contributed by atoms with E-state index < -0.39 is 0 Å². The second-order valence-corrected chi connectivity index (χ2v) is 5.28. The Morgan fingerprint density at radius 2 is 1.88 bits per heavy atom. The van der Waals surface area contributed by atoms with Crippen molar-refractivity contribution in [3.05, 3.63) is 0 Å². The Hall–Kier alpha value is -1.06. The maximum atomic E-state index is 11.7. The van der Waals surface area contributed by atoms with Crippen LogP contribution in [-0.2, 0) is 9.59 Å². The van der Waals surface area contributed by atoms with Crippen molar-refractivity contribution in [1.82, 2.24) is 10.2 Å². The molecule has 1 fully saturated rings. The lowest BCUT2D eigenvalue weighted by atomic mass is 10.2. The Labute approximate surface area is 104 Å². The van der Waals surface area contributed by atoms with Crippen LogP contribution in [0.3, 0.4) is 0 Å². The number of nitrogens with zero attached hydrogens (tertiary/aromatic N) is 1. The summed E-state index contributed by atoms with van der Waals surface area (Å²) in [5.74, 6) is 0.411. The van der Waals surface area contributed by atoms with Crippen LogP contribution in [0.25, 0.3) is 0 Å². The van der Waals surface area contributed by atoms with Crippen molar-refractivity contribution in [3.8, 4) is 0 Å². The summed E-state index contributed by atoms with van der Waals surface area (Å²) in [7, 11) is 0. The fraction of sp³-hybridized carbons (Fsp3) is 0.846. The van der Waals surface area contributed by atoms with Crippen LogP contribution >= 0.6 is 0 Å². The molecule has 1 saturated carbocycles. The summed E-state index contributed by atoms with van der Waals surface area (Å²) < 4.78 is 0. The lowest BCUT2D eigenvalue weighted by Crippen LogP contribution is -2.45. The highest BCUT2D eigenvalue weighted by Crippen LogP contribution is 2.23. The number of nitrogens with one attached hydrogen (secondary N) is 1. The third-order valence-electron chi connectivity index (χ3n) is 3.19. The van der Waals surface area contributed by atoms with Gasteiger partial charge in [0.15, 0.2) is 0 Å². The van der Waals surface area contributed by atoms with Gasteiger partial charge in [0, 0.05) is 19.5 Å². The molecular weight excluding hydrogens is 216 g/mol. The molecule has 0 aromatic heterocycles. The Bertz CT molecular complexity index is 271. The molecule has 0 spiro atoms. The molecule has 98 valence electrons. The SMILES string of the molecule is CC(=O)N(CC(=O)NCC(C)C)C1CCCC1. The van der Waals surface area contributed by atoms with Crippen molar-refractivity contribution in [2.75, 3.05) is 13.1 Å². The zero-order valence-electron chi connectivity index (χ0n) is 11.2. The molecule has 0 unspecified atom stereocenters. The molecule has 2 amide bonds. The standard InChI is InChI=1S/C13H24N2O2/c1-10(2)8-14-13(17)9-15(11(3)16)12-6-4-5-7-12/h10,12H,4-9H2,1-3H3,(H,14,17). The van der Waals surface area contributed by atoms with Crippen LogP contribution in [0.5, 0.6) is 0 Å². The number of carbonyl (C=O) groups is 2. The molecule has 0 heterocycles. The summed E-state index contributed by atoms with van der Waals surface area (Å²) in [5.41, 5.74) is 0. The monoisotopic (exact) mass is 240 g/mol. The van der Waals surface area contributed by atoms with Gasteiger partial charge in [0.2, 0.25) is 11.8 Å². The number of rotatable bonds is 5. The van der Waals surface area contributed by atoms with E-state index in [9.17, 15) is 9.59 Å². The molecule has 1 rings (SSSR count). The predicted octanol–water partition coefficient (Wildman–Crippen LogP) is 1.55. The predicted molar refractivity (Wildman–Crippen MR) is 67.5 cm³/mol. The molecule has 0 saturated heterocycles. The average molecular weight is 240 g/mol. The van der Waals surface area contributed by atoms with Crippen LogP contribution in [0.2, 0.25) is 0 Å². The van der Waals surface area contributed by atoms with Crippen LogP contribution in [-0.4, -0.2) is 35.8 Å². The Morgan fingerprint density at radius 3 is 2.35 bits per heavy atom. The first kappa shape index (κ1) is 14.0. The summed E-state index contributed by atoms with van der Waals surface area (Å²) in [6.07, 6.45) is 4.41. The molecule has 0 aromatic carbocycles. The van der Waals surface area contributed by atoms with Crippen molar-refractivity contribution in [2.45, 2.75) is 52.5 Å². The van der Waals surface area contributed by atoms with Gasteiger partial charge in [0.25, 0.3) is 0 Å². The molecule has 1 aliphatic carbocycles. The summed E-state index contributed by atoms with van der Waals surface area (Å²) in [6.45, 7) is 6.55. The van der Waals surface area contributed by atoms with E-state index in [2.05, 4.69) is 19.2 Å². The molecule has 0 atom stereocenters. The molecule has 1 N–H and O–H groups in total. The summed E-state index contributed by atoms with van der Waals surface area (Å²) in [4.78, 5) is 25.0. The van der Waals surface area contributed by atoms with Crippen LogP contribution in [0.15, 0.2) is 0 Å². The molecule has 4 nitrogen and oxygen atoms in total. The highest BCUT2D eigenvalue weighted by atomic mass is 16.2. The number of hydrogen-bond donors (Lipinski definition) is 1. The van der Waals surface area contributed by atoms with Gasteiger partial charge in [-0.25, -0.2) is 0 Å².